The molecule has 102 valence electrons. The highest BCUT2D eigenvalue weighted by molar-refractivity contribution is 5.92. The Hall–Kier alpha value is -1.47. The van der Waals surface area contributed by atoms with E-state index in [2.05, 4.69) is 20.9 Å². The number of hydrogen-bond acceptors (Lipinski definition) is 5. The minimum absolute atomic E-state index is 0.139. The van der Waals surface area contributed by atoms with Crippen molar-refractivity contribution < 1.29 is 9.53 Å². The van der Waals surface area contributed by atoms with Crippen LogP contribution in [0.15, 0.2) is 6.20 Å². The first kappa shape index (κ1) is 11.4. The molecule has 2 N–H and O–H groups in total. The zero-order valence-corrected chi connectivity index (χ0v) is 10.6. The first-order chi connectivity index (χ1) is 9.29. The van der Waals surface area contributed by atoms with E-state index in [0.717, 1.165) is 32.4 Å². The minimum Gasteiger partial charge on any atom is -0.373 e. The van der Waals surface area contributed by atoms with Gasteiger partial charge < -0.3 is 15.4 Å². The van der Waals surface area contributed by atoms with Gasteiger partial charge >= 0.3 is 0 Å². The Labute approximate surface area is 110 Å². The number of ether oxygens (including phenoxy) is 1. The van der Waals surface area contributed by atoms with Gasteiger partial charge in [0, 0.05) is 13.1 Å². The van der Waals surface area contributed by atoms with Crippen molar-refractivity contribution in [2.45, 2.75) is 43.6 Å². The van der Waals surface area contributed by atoms with Crippen LogP contribution in [0.5, 0.6) is 0 Å². The predicted molar refractivity (Wildman–Crippen MR) is 65.7 cm³/mol. The molecule has 1 aromatic rings. The fraction of sp³-hybridized carbons (Fsp3) is 0.750. The minimum atomic E-state index is -0.139. The molecule has 0 spiro atoms. The van der Waals surface area contributed by atoms with Crippen molar-refractivity contribution in [1.29, 1.82) is 0 Å². The molecule has 4 heterocycles. The van der Waals surface area contributed by atoms with Gasteiger partial charge in [-0.15, -0.1) is 5.10 Å². The Balaban J connectivity index is 1.41. The molecule has 3 unspecified atom stereocenters. The number of rotatable bonds is 3. The van der Waals surface area contributed by atoms with Gasteiger partial charge in [0.05, 0.1) is 30.5 Å². The van der Waals surface area contributed by atoms with Crippen LogP contribution in [0.1, 0.15) is 35.8 Å². The summed E-state index contributed by atoms with van der Waals surface area (Å²) in [7, 11) is 0. The predicted octanol–water partition coefficient (Wildman–Crippen LogP) is -0.528. The summed E-state index contributed by atoms with van der Waals surface area (Å²) in [6.45, 7) is 1.79. The van der Waals surface area contributed by atoms with Crippen molar-refractivity contribution in [3.8, 4) is 0 Å². The van der Waals surface area contributed by atoms with Gasteiger partial charge in [0.1, 0.15) is 0 Å². The van der Waals surface area contributed by atoms with Crippen LogP contribution in [0.25, 0.3) is 0 Å². The topological polar surface area (TPSA) is 81.1 Å². The number of amides is 1. The second-order valence-corrected chi connectivity index (χ2v) is 5.59. The van der Waals surface area contributed by atoms with Crippen molar-refractivity contribution in [3.05, 3.63) is 11.9 Å². The molecule has 7 heteroatoms. The van der Waals surface area contributed by atoms with E-state index in [0.29, 0.717) is 17.8 Å². The standard InChI is InChI=1S/C12H17N5O2/c18-12(14-9-3-8-1-2-11(9)19-8)10-6-17(16-15-10)7-4-13-5-7/h6-9,11,13H,1-5H2,(H,14,18). The molecule has 3 fully saturated rings. The van der Waals surface area contributed by atoms with Gasteiger partial charge in [-0.2, -0.15) is 0 Å². The van der Waals surface area contributed by atoms with E-state index >= 15 is 0 Å². The second kappa shape index (κ2) is 4.28. The molecule has 4 rings (SSSR count). The molecule has 0 aromatic carbocycles. The maximum atomic E-state index is 12.1. The molecule has 3 atom stereocenters. The quantitative estimate of drug-likeness (QED) is 0.766. The molecule has 1 amide bonds. The molecule has 2 bridgehead atoms. The fourth-order valence-electron chi connectivity index (χ4n) is 3.05. The lowest BCUT2D eigenvalue weighted by molar-refractivity contribution is 0.0837. The van der Waals surface area contributed by atoms with E-state index in [-0.39, 0.29) is 18.1 Å². The lowest BCUT2D eigenvalue weighted by atomic mass is 9.95. The number of hydrogen-bond donors (Lipinski definition) is 2. The van der Waals surface area contributed by atoms with E-state index in [1.165, 1.54) is 0 Å². The number of aromatic nitrogens is 3. The lowest BCUT2D eigenvalue weighted by Crippen LogP contribution is -2.43. The molecule has 0 aliphatic carbocycles. The van der Waals surface area contributed by atoms with Crippen molar-refractivity contribution in [2.24, 2.45) is 0 Å². The molecule has 0 radical (unpaired) electrons. The third kappa shape index (κ3) is 1.93. The fourth-order valence-corrected chi connectivity index (χ4v) is 3.05. The Kier molecular flexibility index (Phi) is 2.56. The second-order valence-electron chi connectivity index (χ2n) is 5.59. The van der Waals surface area contributed by atoms with Crippen LogP contribution in [0.3, 0.4) is 0 Å². The van der Waals surface area contributed by atoms with Crippen molar-refractivity contribution in [3.63, 3.8) is 0 Å². The van der Waals surface area contributed by atoms with Crippen molar-refractivity contribution in [2.75, 3.05) is 13.1 Å². The maximum absolute atomic E-state index is 12.1. The maximum Gasteiger partial charge on any atom is 0.273 e. The average molecular weight is 263 g/mol. The van der Waals surface area contributed by atoms with Crippen LogP contribution in [0.2, 0.25) is 0 Å². The summed E-state index contributed by atoms with van der Waals surface area (Å²) >= 11 is 0. The van der Waals surface area contributed by atoms with Gasteiger partial charge in [0.25, 0.3) is 5.91 Å². The highest BCUT2D eigenvalue weighted by Gasteiger charge is 2.41. The molecule has 3 aliphatic rings. The largest absolute Gasteiger partial charge is 0.373 e. The van der Waals surface area contributed by atoms with E-state index in [9.17, 15) is 4.79 Å². The first-order valence-corrected chi connectivity index (χ1v) is 6.88. The summed E-state index contributed by atoms with van der Waals surface area (Å²) in [5.41, 5.74) is 0.398. The van der Waals surface area contributed by atoms with E-state index in [1.54, 1.807) is 10.9 Å². The molecular weight excluding hydrogens is 246 g/mol. The molecule has 1 aromatic heterocycles. The number of carbonyl (C=O) groups excluding carboxylic acids is 1. The lowest BCUT2D eigenvalue weighted by Gasteiger charge is -2.26. The monoisotopic (exact) mass is 263 g/mol. The third-order valence-corrected chi connectivity index (χ3v) is 4.30. The highest BCUT2D eigenvalue weighted by atomic mass is 16.5. The van der Waals surface area contributed by atoms with Gasteiger partial charge in [-0.05, 0) is 19.3 Å². The number of nitrogens with one attached hydrogen (secondary N) is 2. The Morgan fingerprint density at radius 2 is 2.37 bits per heavy atom. The molecule has 3 saturated heterocycles. The summed E-state index contributed by atoms with van der Waals surface area (Å²) in [6.07, 6.45) is 5.37. The Morgan fingerprint density at radius 3 is 3.00 bits per heavy atom. The SMILES string of the molecule is O=C(NC1CC2CCC1O2)c1cn(C2CNC2)nn1. The van der Waals surface area contributed by atoms with Crippen LogP contribution in [-0.2, 0) is 4.74 Å². The first-order valence-electron chi connectivity index (χ1n) is 6.88. The van der Waals surface area contributed by atoms with Crippen LogP contribution < -0.4 is 10.6 Å². The van der Waals surface area contributed by atoms with Crippen molar-refractivity contribution >= 4 is 5.91 Å². The average Bonchev–Trinajstić information content (AvgIpc) is 3.01. The summed E-state index contributed by atoms with van der Waals surface area (Å²) in [5.74, 6) is -0.139. The van der Waals surface area contributed by atoms with Crippen LogP contribution >= 0.6 is 0 Å². The van der Waals surface area contributed by atoms with E-state index in [1.807, 2.05) is 0 Å². The van der Waals surface area contributed by atoms with Crippen molar-refractivity contribution in [1.82, 2.24) is 25.6 Å². The molecule has 7 nitrogen and oxygen atoms in total. The molecule has 0 saturated carbocycles. The number of carbonyl (C=O) groups is 1. The van der Waals surface area contributed by atoms with Crippen LogP contribution in [-0.4, -0.2) is 52.2 Å². The van der Waals surface area contributed by atoms with Gasteiger partial charge in [0.15, 0.2) is 5.69 Å². The van der Waals surface area contributed by atoms with Gasteiger partial charge in [-0.25, -0.2) is 4.68 Å². The normalized spacial score (nSPS) is 33.4. The van der Waals surface area contributed by atoms with Crippen LogP contribution in [0.4, 0.5) is 0 Å². The number of fused-ring (bicyclic) bond motifs is 2. The third-order valence-electron chi connectivity index (χ3n) is 4.30. The van der Waals surface area contributed by atoms with Gasteiger partial charge in [0.2, 0.25) is 0 Å². The van der Waals surface area contributed by atoms with Gasteiger partial charge in [-0.1, -0.05) is 5.21 Å². The summed E-state index contributed by atoms with van der Waals surface area (Å²) in [5, 5.41) is 14.2. The number of nitrogens with zero attached hydrogens (tertiary/aromatic N) is 3. The molecular formula is C12H17N5O2. The van der Waals surface area contributed by atoms with Crippen LogP contribution in [0, 0.1) is 0 Å². The molecule has 3 aliphatic heterocycles. The van der Waals surface area contributed by atoms with Gasteiger partial charge in [-0.3, -0.25) is 4.79 Å². The smallest absolute Gasteiger partial charge is 0.273 e. The summed E-state index contributed by atoms with van der Waals surface area (Å²) in [6, 6.07) is 0.474. The summed E-state index contributed by atoms with van der Waals surface area (Å²) in [4.78, 5) is 12.1. The Morgan fingerprint density at radius 1 is 1.47 bits per heavy atom. The molecule has 19 heavy (non-hydrogen) atoms. The summed E-state index contributed by atoms with van der Waals surface area (Å²) < 4.78 is 7.49. The van der Waals surface area contributed by atoms with E-state index < -0.39 is 0 Å². The zero-order valence-electron chi connectivity index (χ0n) is 10.6. The Bertz CT molecular complexity index is 498. The van der Waals surface area contributed by atoms with E-state index in [4.69, 9.17) is 4.74 Å². The highest BCUT2D eigenvalue weighted by Crippen LogP contribution is 2.34. The zero-order chi connectivity index (χ0) is 12.8.